The number of likely N-dealkylation sites (tertiary alicyclic amines) is 1. The van der Waals surface area contributed by atoms with Gasteiger partial charge in [0.05, 0.1) is 0 Å². The Balaban J connectivity index is 1.45. The van der Waals surface area contributed by atoms with E-state index in [9.17, 15) is 4.79 Å². The highest BCUT2D eigenvalue weighted by Crippen LogP contribution is 2.60. The number of hydrogen-bond acceptors (Lipinski definition) is 2. The number of hydrogen-bond donors (Lipinski definition) is 0. The highest BCUT2D eigenvalue weighted by Gasteiger charge is 2.56. The van der Waals surface area contributed by atoms with Crippen molar-refractivity contribution in [2.75, 3.05) is 13.1 Å². The molecule has 0 radical (unpaired) electrons. The molecule has 2 heteroatoms. The van der Waals surface area contributed by atoms with Crippen LogP contribution in [0.25, 0.3) is 0 Å². The van der Waals surface area contributed by atoms with Crippen LogP contribution in [0.5, 0.6) is 0 Å². The van der Waals surface area contributed by atoms with Crippen molar-refractivity contribution in [2.24, 2.45) is 5.41 Å². The van der Waals surface area contributed by atoms with E-state index >= 15 is 0 Å². The molecule has 2 nitrogen and oxygen atoms in total. The molecular formula is C22H23NO. The molecule has 1 saturated carbocycles. The molecule has 3 atom stereocenters. The SMILES string of the molecule is O=C1C[C@H]2C[C@@]3(CCN(Cc4ccccc4)C3)[C@H]1c1ccccc12. The molecule has 6 rings (SSSR count). The largest absolute Gasteiger partial charge is 0.299 e. The summed E-state index contributed by atoms with van der Waals surface area (Å²) in [5.74, 6) is 1.08. The van der Waals surface area contributed by atoms with Crippen LogP contribution in [0.15, 0.2) is 54.6 Å². The maximum Gasteiger partial charge on any atom is 0.141 e. The second-order valence-corrected chi connectivity index (χ2v) is 7.94. The summed E-state index contributed by atoms with van der Waals surface area (Å²) in [6.07, 6.45) is 3.13. The molecule has 2 aromatic rings. The third-order valence-electron chi connectivity index (χ3n) is 6.50. The van der Waals surface area contributed by atoms with Gasteiger partial charge in [0.1, 0.15) is 5.78 Å². The van der Waals surface area contributed by atoms with Gasteiger partial charge in [-0.05, 0) is 47.4 Å². The zero-order valence-electron chi connectivity index (χ0n) is 13.9. The van der Waals surface area contributed by atoms with Crippen molar-refractivity contribution in [3.8, 4) is 0 Å². The molecule has 4 aliphatic rings. The summed E-state index contributed by atoms with van der Waals surface area (Å²) in [5.41, 5.74) is 4.35. The fourth-order valence-corrected chi connectivity index (χ4v) is 5.61. The van der Waals surface area contributed by atoms with Gasteiger partial charge in [0.25, 0.3) is 0 Å². The fraction of sp³-hybridized carbons (Fsp3) is 0.409. The number of carbonyl (C=O) groups excluding carboxylic acids is 1. The zero-order chi connectivity index (χ0) is 16.1. The molecule has 0 unspecified atom stereocenters. The van der Waals surface area contributed by atoms with Gasteiger partial charge in [-0.15, -0.1) is 0 Å². The first-order valence-corrected chi connectivity index (χ1v) is 9.13. The lowest BCUT2D eigenvalue weighted by atomic mass is 9.53. The van der Waals surface area contributed by atoms with Gasteiger partial charge >= 0.3 is 0 Å². The topological polar surface area (TPSA) is 20.3 Å². The highest BCUT2D eigenvalue weighted by molar-refractivity contribution is 5.91. The average Bonchev–Trinajstić information content (AvgIpc) is 2.98. The van der Waals surface area contributed by atoms with Crippen LogP contribution in [0.2, 0.25) is 0 Å². The van der Waals surface area contributed by atoms with Crippen molar-refractivity contribution < 1.29 is 4.79 Å². The maximum atomic E-state index is 12.8. The fourth-order valence-electron chi connectivity index (χ4n) is 5.61. The summed E-state index contributed by atoms with van der Waals surface area (Å²) in [4.78, 5) is 15.4. The van der Waals surface area contributed by atoms with Gasteiger partial charge in [-0.25, -0.2) is 0 Å². The summed E-state index contributed by atoms with van der Waals surface area (Å²) < 4.78 is 0. The van der Waals surface area contributed by atoms with Crippen molar-refractivity contribution in [3.05, 3.63) is 71.3 Å². The minimum atomic E-state index is 0.138. The first-order chi connectivity index (χ1) is 11.8. The summed E-state index contributed by atoms with van der Waals surface area (Å²) in [6.45, 7) is 3.20. The van der Waals surface area contributed by atoms with E-state index in [0.29, 0.717) is 11.7 Å². The second kappa shape index (κ2) is 5.29. The van der Waals surface area contributed by atoms with E-state index in [1.807, 2.05) is 0 Å². The Labute approximate surface area is 143 Å². The van der Waals surface area contributed by atoms with E-state index in [1.165, 1.54) is 29.5 Å². The molecule has 1 aliphatic heterocycles. The van der Waals surface area contributed by atoms with Gasteiger partial charge in [0.2, 0.25) is 0 Å². The normalized spacial score (nSPS) is 31.6. The van der Waals surface area contributed by atoms with Crippen LogP contribution in [0.1, 0.15) is 47.8 Å². The Kier molecular flexibility index (Phi) is 3.18. The Morgan fingerprint density at radius 1 is 1.00 bits per heavy atom. The number of rotatable bonds is 2. The number of carbonyl (C=O) groups is 1. The zero-order valence-corrected chi connectivity index (χ0v) is 13.9. The lowest BCUT2D eigenvalue weighted by Crippen LogP contribution is -2.46. The van der Waals surface area contributed by atoms with Crippen LogP contribution in [-0.2, 0) is 11.3 Å². The predicted molar refractivity (Wildman–Crippen MR) is 94.9 cm³/mol. The van der Waals surface area contributed by atoms with E-state index in [1.54, 1.807) is 0 Å². The lowest BCUT2D eigenvalue weighted by molar-refractivity contribution is -0.128. The summed E-state index contributed by atoms with van der Waals surface area (Å²) >= 11 is 0. The first-order valence-electron chi connectivity index (χ1n) is 9.13. The molecule has 1 saturated heterocycles. The van der Waals surface area contributed by atoms with E-state index in [2.05, 4.69) is 59.5 Å². The van der Waals surface area contributed by atoms with Crippen molar-refractivity contribution in [2.45, 2.75) is 37.6 Å². The number of benzene rings is 2. The number of ketones is 1. The number of fused-ring (bicyclic) bond motifs is 1. The summed E-state index contributed by atoms with van der Waals surface area (Å²) in [6, 6.07) is 19.4. The smallest absolute Gasteiger partial charge is 0.141 e. The summed E-state index contributed by atoms with van der Waals surface area (Å²) in [7, 11) is 0. The predicted octanol–water partition coefficient (Wildman–Crippen LogP) is 4.12. The molecule has 2 aromatic carbocycles. The summed E-state index contributed by atoms with van der Waals surface area (Å²) in [5, 5.41) is 0. The molecule has 0 aromatic heterocycles. The Bertz CT molecular complexity index is 784. The van der Waals surface area contributed by atoms with Crippen molar-refractivity contribution >= 4 is 5.78 Å². The molecule has 0 amide bonds. The van der Waals surface area contributed by atoms with E-state index in [-0.39, 0.29) is 11.3 Å². The molecule has 2 fully saturated rings. The molecule has 1 spiro atoms. The Morgan fingerprint density at radius 2 is 1.75 bits per heavy atom. The molecule has 24 heavy (non-hydrogen) atoms. The quantitative estimate of drug-likeness (QED) is 0.830. The third kappa shape index (κ3) is 2.09. The maximum absolute atomic E-state index is 12.8. The molecular weight excluding hydrogens is 294 g/mol. The minimum Gasteiger partial charge on any atom is -0.299 e. The monoisotopic (exact) mass is 317 g/mol. The van der Waals surface area contributed by atoms with Crippen LogP contribution in [-0.4, -0.2) is 23.8 Å². The minimum absolute atomic E-state index is 0.138. The average molecular weight is 317 g/mol. The van der Waals surface area contributed by atoms with Crippen molar-refractivity contribution in [3.63, 3.8) is 0 Å². The standard InChI is InChI=1S/C22H23NO/c24-20-12-17-13-22(21(20)19-9-5-4-8-18(17)19)10-11-23(15-22)14-16-6-2-1-3-7-16/h1-9,17,21H,10-15H2/t17-,21-,22+/m0/s1. The van der Waals surface area contributed by atoms with Gasteiger partial charge in [0.15, 0.2) is 0 Å². The molecule has 2 bridgehead atoms. The second-order valence-electron chi connectivity index (χ2n) is 7.94. The Morgan fingerprint density at radius 3 is 2.58 bits per heavy atom. The van der Waals surface area contributed by atoms with Crippen LogP contribution in [0.3, 0.4) is 0 Å². The van der Waals surface area contributed by atoms with Crippen LogP contribution < -0.4 is 0 Å². The van der Waals surface area contributed by atoms with Gasteiger partial charge in [-0.2, -0.15) is 0 Å². The van der Waals surface area contributed by atoms with Crippen molar-refractivity contribution in [1.29, 1.82) is 0 Å². The van der Waals surface area contributed by atoms with Gasteiger partial charge in [0, 0.05) is 25.4 Å². The molecule has 3 aliphatic carbocycles. The number of Topliss-reactive ketones (excluding diaryl/α,β-unsaturated/α-hetero) is 1. The highest BCUT2D eigenvalue weighted by atomic mass is 16.1. The number of nitrogens with zero attached hydrogens (tertiary/aromatic N) is 1. The first kappa shape index (κ1) is 14.4. The van der Waals surface area contributed by atoms with E-state index < -0.39 is 0 Å². The lowest BCUT2D eigenvalue weighted by Gasteiger charge is -2.50. The van der Waals surface area contributed by atoms with Crippen LogP contribution in [0, 0.1) is 5.41 Å². The van der Waals surface area contributed by atoms with E-state index in [0.717, 1.165) is 26.1 Å². The van der Waals surface area contributed by atoms with Crippen LogP contribution in [0.4, 0.5) is 0 Å². The third-order valence-corrected chi connectivity index (χ3v) is 6.50. The van der Waals surface area contributed by atoms with Crippen LogP contribution >= 0.6 is 0 Å². The molecule has 1 heterocycles. The Hall–Kier alpha value is -1.93. The molecule has 122 valence electrons. The van der Waals surface area contributed by atoms with Gasteiger partial charge in [-0.3, -0.25) is 9.69 Å². The van der Waals surface area contributed by atoms with Gasteiger partial charge in [-0.1, -0.05) is 54.6 Å². The van der Waals surface area contributed by atoms with E-state index in [4.69, 9.17) is 0 Å². The van der Waals surface area contributed by atoms with Gasteiger partial charge < -0.3 is 0 Å². The molecule has 0 N–H and O–H groups in total. The van der Waals surface area contributed by atoms with Crippen molar-refractivity contribution in [1.82, 2.24) is 4.90 Å².